The Morgan fingerprint density at radius 3 is 1.43 bits per heavy atom. The molecule has 366 valence electrons. The Hall–Kier alpha value is -2.39. The van der Waals surface area contributed by atoms with E-state index < -0.39 is 71.2 Å². The van der Waals surface area contributed by atoms with Crippen LogP contribution in [0, 0.1) is 0 Å². The summed E-state index contributed by atoms with van der Waals surface area (Å²) in [4.78, 5) is 25.5. The molecule has 12 nitrogen and oxygen atoms in total. The van der Waals surface area contributed by atoms with Gasteiger partial charge in [0.1, 0.15) is 36.8 Å². The zero-order valence-corrected chi connectivity index (χ0v) is 40.0. The van der Waals surface area contributed by atoms with Gasteiger partial charge in [-0.2, -0.15) is 8.42 Å². The standard InChI is InChI=1S/C50H88O12S/c1-3-5-7-9-11-13-15-17-19-21-23-25-27-29-31-33-35-37-39-46(52)61-43(41-60-50-49(55)48(54)47(53)44(62-50)42-63(56,57)58)40-59-45(51)38-36-34-32-30-28-26-24-22-20-18-16-14-12-10-8-6-4-2/h12-15,18-21,43-44,47-50,53-55H,3-11,16-17,22-42H2,1-2H3,(H,56,57,58)/b14-12-,15-13-,20-18-,21-19-. The third kappa shape index (κ3) is 34.6. The van der Waals surface area contributed by atoms with Crippen molar-refractivity contribution in [3.8, 4) is 0 Å². The Morgan fingerprint density at radius 2 is 0.952 bits per heavy atom. The van der Waals surface area contributed by atoms with Crippen LogP contribution >= 0.6 is 0 Å². The molecule has 0 aromatic rings. The normalized spacial score (nSPS) is 20.1. The zero-order chi connectivity index (χ0) is 46.2. The molecule has 0 spiro atoms. The first-order valence-corrected chi connectivity index (χ1v) is 26.3. The summed E-state index contributed by atoms with van der Waals surface area (Å²) in [6.07, 6.45) is 38.5. The Bertz CT molecular complexity index is 1350. The number of unbranched alkanes of at least 4 members (excludes halogenated alkanes) is 21. The molecule has 0 radical (unpaired) electrons. The molecule has 6 atom stereocenters. The molecule has 0 aromatic carbocycles. The minimum absolute atomic E-state index is 0.153. The number of hydrogen-bond donors (Lipinski definition) is 4. The molecule has 1 rings (SSSR count). The summed E-state index contributed by atoms with van der Waals surface area (Å²) in [5, 5.41) is 30.9. The van der Waals surface area contributed by atoms with Crippen LogP contribution in [0.1, 0.15) is 200 Å². The quantitative estimate of drug-likeness (QED) is 0.0197. The van der Waals surface area contributed by atoms with E-state index in [1.54, 1.807) is 0 Å². The molecule has 0 saturated carbocycles. The molecule has 63 heavy (non-hydrogen) atoms. The first-order chi connectivity index (χ1) is 30.5. The molecule has 1 aliphatic rings. The monoisotopic (exact) mass is 913 g/mol. The highest BCUT2D eigenvalue weighted by Gasteiger charge is 2.46. The van der Waals surface area contributed by atoms with E-state index in [4.69, 9.17) is 18.9 Å². The number of carbonyl (C=O) groups excluding carboxylic acids is 2. The van der Waals surface area contributed by atoms with Crippen LogP contribution in [0.5, 0.6) is 0 Å². The second-order valence-electron chi connectivity index (χ2n) is 17.1. The van der Waals surface area contributed by atoms with E-state index in [0.717, 1.165) is 83.5 Å². The van der Waals surface area contributed by atoms with Crippen molar-refractivity contribution in [2.75, 3.05) is 19.0 Å². The third-order valence-corrected chi connectivity index (χ3v) is 11.9. The number of allylic oxidation sites excluding steroid dienone is 8. The van der Waals surface area contributed by atoms with Gasteiger partial charge in [-0.1, -0.05) is 159 Å². The van der Waals surface area contributed by atoms with Crippen molar-refractivity contribution in [3.05, 3.63) is 48.6 Å². The predicted octanol–water partition coefficient (Wildman–Crippen LogP) is 10.7. The smallest absolute Gasteiger partial charge is 0.306 e. The first-order valence-electron chi connectivity index (χ1n) is 24.7. The van der Waals surface area contributed by atoms with Gasteiger partial charge in [0.2, 0.25) is 0 Å². The van der Waals surface area contributed by atoms with Gasteiger partial charge >= 0.3 is 11.9 Å². The maximum atomic E-state index is 12.9. The molecule has 6 unspecified atom stereocenters. The third-order valence-electron chi connectivity index (χ3n) is 11.1. The molecule has 13 heteroatoms. The number of aliphatic hydroxyl groups is 3. The largest absolute Gasteiger partial charge is 0.462 e. The van der Waals surface area contributed by atoms with Gasteiger partial charge in [-0.15, -0.1) is 0 Å². The molecule has 0 aliphatic carbocycles. The van der Waals surface area contributed by atoms with E-state index in [9.17, 15) is 37.9 Å². The minimum atomic E-state index is -4.61. The van der Waals surface area contributed by atoms with Crippen molar-refractivity contribution < 1.29 is 56.8 Å². The van der Waals surface area contributed by atoms with Crippen molar-refractivity contribution in [3.63, 3.8) is 0 Å². The summed E-state index contributed by atoms with van der Waals surface area (Å²) >= 11 is 0. The van der Waals surface area contributed by atoms with Crippen LogP contribution in [-0.2, 0) is 38.7 Å². The number of rotatable bonds is 41. The average molecular weight is 913 g/mol. The van der Waals surface area contributed by atoms with Crippen LogP contribution in [0.4, 0.5) is 0 Å². The van der Waals surface area contributed by atoms with Gasteiger partial charge in [0, 0.05) is 12.8 Å². The molecule has 0 aromatic heterocycles. The Balaban J connectivity index is 2.42. The van der Waals surface area contributed by atoms with Crippen LogP contribution < -0.4 is 0 Å². The number of aliphatic hydroxyl groups excluding tert-OH is 3. The van der Waals surface area contributed by atoms with E-state index in [0.29, 0.717) is 12.8 Å². The molecule has 1 saturated heterocycles. The number of carbonyl (C=O) groups is 2. The lowest BCUT2D eigenvalue weighted by atomic mass is 10.00. The first kappa shape index (κ1) is 58.6. The molecule has 0 amide bonds. The summed E-state index contributed by atoms with van der Waals surface area (Å²) in [5.74, 6) is -2.00. The molecule has 1 aliphatic heterocycles. The SMILES string of the molecule is CCCCC/C=C\C/C=C\CCCCCCCCCC(=O)OCC(COC1OC(CS(=O)(=O)O)C(O)C(O)C1O)OC(=O)CCCCCCCCC/C=C\C/C=C\CCCCCC. The summed E-state index contributed by atoms with van der Waals surface area (Å²) in [7, 11) is -4.61. The van der Waals surface area contributed by atoms with Crippen LogP contribution in [0.3, 0.4) is 0 Å². The van der Waals surface area contributed by atoms with Gasteiger partial charge in [-0.25, -0.2) is 0 Å². The number of hydrogen-bond acceptors (Lipinski definition) is 11. The van der Waals surface area contributed by atoms with Gasteiger partial charge in [-0.05, 0) is 77.0 Å². The highest BCUT2D eigenvalue weighted by atomic mass is 32.2. The lowest BCUT2D eigenvalue weighted by molar-refractivity contribution is -0.297. The number of esters is 2. The van der Waals surface area contributed by atoms with Gasteiger partial charge in [-0.3, -0.25) is 14.1 Å². The Kier molecular flexibility index (Phi) is 37.2. The van der Waals surface area contributed by atoms with Crippen LogP contribution in [0.15, 0.2) is 48.6 Å². The van der Waals surface area contributed by atoms with Crippen molar-refractivity contribution in [2.24, 2.45) is 0 Å². The minimum Gasteiger partial charge on any atom is -0.462 e. The molecule has 0 bridgehead atoms. The number of ether oxygens (including phenoxy) is 4. The Morgan fingerprint density at radius 1 is 0.540 bits per heavy atom. The van der Waals surface area contributed by atoms with E-state index >= 15 is 0 Å². The highest BCUT2D eigenvalue weighted by molar-refractivity contribution is 7.85. The molecule has 1 heterocycles. The van der Waals surface area contributed by atoms with Crippen LogP contribution in [-0.4, -0.2) is 96.0 Å². The fourth-order valence-corrected chi connectivity index (χ4v) is 7.96. The van der Waals surface area contributed by atoms with Crippen molar-refractivity contribution in [2.45, 2.75) is 237 Å². The predicted molar refractivity (Wildman–Crippen MR) is 252 cm³/mol. The second kappa shape index (κ2) is 39.9. The lowest BCUT2D eigenvalue weighted by Gasteiger charge is -2.40. The van der Waals surface area contributed by atoms with E-state index in [1.165, 1.54) is 77.0 Å². The fraction of sp³-hybridized carbons (Fsp3) is 0.800. The highest BCUT2D eigenvalue weighted by Crippen LogP contribution is 2.24. The summed E-state index contributed by atoms with van der Waals surface area (Å²) in [6, 6.07) is 0. The summed E-state index contributed by atoms with van der Waals surface area (Å²) < 4.78 is 54.2. The maximum Gasteiger partial charge on any atom is 0.306 e. The summed E-state index contributed by atoms with van der Waals surface area (Å²) in [6.45, 7) is 3.72. The molecule has 1 fully saturated rings. The van der Waals surface area contributed by atoms with Gasteiger partial charge in [0.05, 0.1) is 6.61 Å². The second-order valence-corrected chi connectivity index (χ2v) is 18.6. The molecular formula is C50H88O12S. The summed E-state index contributed by atoms with van der Waals surface area (Å²) in [5.41, 5.74) is 0. The maximum absolute atomic E-state index is 12.9. The van der Waals surface area contributed by atoms with Gasteiger partial charge in [0.15, 0.2) is 12.4 Å². The lowest BCUT2D eigenvalue weighted by Crippen LogP contribution is -2.60. The van der Waals surface area contributed by atoms with Gasteiger partial charge < -0.3 is 34.3 Å². The van der Waals surface area contributed by atoms with E-state index in [-0.39, 0.29) is 19.4 Å². The van der Waals surface area contributed by atoms with Crippen LogP contribution in [0.25, 0.3) is 0 Å². The van der Waals surface area contributed by atoms with Crippen LogP contribution in [0.2, 0.25) is 0 Å². The van der Waals surface area contributed by atoms with Gasteiger partial charge in [0.25, 0.3) is 10.1 Å². The van der Waals surface area contributed by atoms with E-state index in [2.05, 4.69) is 62.5 Å². The van der Waals surface area contributed by atoms with Crippen molar-refractivity contribution in [1.29, 1.82) is 0 Å². The molecular weight excluding hydrogens is 825 g/mol. The van der Waals surface area contributed by atoms with E-state index in [1.807, 2.05) is 0 Å². The van der Waals surface area contributed by atoms with Crippen molar-refractivity contribution in [1.82, 2.24) is 0 Å². The molecule has 4 N–H and O–H groups in total. The fourth-order valence-electron chi connectivity index (χ4n) is 7.27. The Labute approximate surface area is 382 Å². The topological polar surface area (TPSA) is 186 Å². The van der Waals surface area contributed by atoms with Crippen molar-refractivity contribution >= 4 is 22.1 Å². The zero-order valence-electron chi connectivity index (χ0n) is 39.2. The average Bonchev–Trinajstić information content (AvgIpc) is 3.25.